The third kappa shape index (κ3) is 5.19. The summed E-state index contributed by atoms with van der Waals surface area (Å²) in [5.41, 5.74) is 4.56. The van der Waals surface area contributed by atoms with Gasteiger partial charge in [-0.05, 0) is 44.1 Å². The molecule has 0 aliphatic carbocycles. The van der Waals surface area contributed by atoms with E-state index in [1.54, 1.807) is 0 Å². The SMILES string of the molecule is Cc1ccccc1Cn1nc(C)c(NC(=S)Nc2cnn(Cc3c(F)cc(F)c(F)c3F)c2)c1C. The molecule has 0 saturated heterocycles. The number of nitrogens with zero attached hydrogens (tertiary/aromatic N) is 4. The maximum absolute atomic E-state index is 14.0. The minimum absolute atomic E-state index is 0.261. The van der Waals surface area contributed by atoms with E-state index in [1.165, 1.54) is 22.6 Å². The fraction of sp³-hybridized carbons (Fsp3) is 0.208. The summed E-state index contributed by atoms with van der Waals surface area (Å²) in [5.74, 6) is -6.10. The van der Waals surface area contributed by atoms with Crippen molar-refractivity contribution >= 4 is 28.7 Å². The summed E-state index contributed by atoms with van der Waals surface area (Å²) in [6.07, 6.45) is 2.83. The first-order chi connectivity index (χ1) is 16.6. The number of aryl methyl sites for hydroxylation is 2. The maximum Gasteiger partial charge on any atom is 0.194 e. The number of hydrogen-bond acceptors (Lipinski definition) is 3. The molecule has 0 spiro atoms. The lowest BCUT2D eigenvalue weighted by Crippen LogP contribution is -2.19. The summed E-state index contributed by atoms with van der Waals surface area (Å²) in [5, 5.41) is 14.9. The van der Waals surface area contributed by atoms with Gasteiger partial charge < -0.3 is 10.6 Å². The second-order valence-electron chi connectivity index (χ2n) is 8.08. The van der Waals surface area contributed by atoms with Crippen LogP contribution in [0.3, 0.4) is 0 Å². The van der Waals surface area contributed by atoms with E-state index in [0.29, 0.717) is 18.3 Å². The summed E-state index contributed by atoms with van der Waals surface area (Å²) in [7, 11) is 0. The van der Waals surface area contributed by atoms with E-state index in [2.05, 4.69) is 39.9 Å². The highest BCUT2D eigenvalue weighted by Gasteiger charge is 2.20. The van der Waals surface area contributed by atoms with Crippen molar-refractivity contribution in [3.8, 4) is 0 Å². The summed E-state index contributed by atoms with van der Waals surface area (Å²) in [6.45, 7) is 6.04. The highest BCUT2D eigenvalue weighted by atomic mass is 32.1. The third-order valence-corrected chi connectivity index (χ3v) is 5.83. The Hall–Kier alpha value is -3.73. The van der Waals surface area contributed by atoms with E-state index in [4.69, 9.17) is 12.2 Å². The molecule has 4 aromatic rings. The Labute approximate surface area is 204 Å². The maximum atomic E-state index is 14.0. The van der Waals surface area contributed by atoms with Crippen molar-refractivity contribution in [2.24, 2.45) is 0 Å². The predicted octanol–water partition coefficient (Wildman–Crippen LogP) is 5.47. The second-order valence-corrected chi connectivity index (χ2v) is 8.49. The molecule has 0 atom stereocenters. The molecule has 6 nitrogen and oxygen atoms in total. The molecule has 0 bridgehead atoms. The van der Waals surface area contributed by atoms with Crippen LogP contribution >= 0.6 is 12.2 Å². The Balaban J connectivity index is 1.44. The third-order valence-electron chi connectivity index (χ3n) is 5.62. The molecule has 0 unspecified atom stereocenters. The predicted molar refractivity (Wildman–Crippen MR) is 129 cm³/mol. The second kappa shape index (κ2) is 9.87. The van der Waals surface area contributed by atoms with Crippen molar-refractivity contribution in [2.45, 2.75) is 33.9 Å². The zero-order valence-corrected chi connectivity index (χ0v) is 20.0. The van der Waals surface area contributed by atoms with Crippen LogP contribution < -0.4 is 10.6 Å². The van der Waals surface area contributed by atoms with Crippen LogP contribution in [-0.4, -0.2) is 24.7 Å². The van der Waals surface area contributed by atoms with Crippen LogP contribution in [0.15, 0.2) is 42.7 Å². The fourth-order valence-electron chi connectivity index (χ4n) is 3.68. The van der Waals surface area contributed by atoms with E-state index < -0.39 is 35.4 Å². The number of hydrogen-bond donors (Lipinski definition) is 2. The molecule has 11 heteroatoms. The van der Waals surface area contributed by atoms with Gasteiger partial charge in [0.05, 0.1) is 42.0 Å². The van der Waals surface area contributed by atoms with Gasteiger partial charge in [0.2, 0.25) is 0 Å². The quantitative estimate of drug-likeness (QED) is 0.159. The number of aromatic nitrogens is 4. The van der Waals surface area contributed by atoms with Crippen LogP contribution in [-0.2, 0) is 13.1 Å². The Morgan fingerprint density at radius 3 is 2.46 bits per heavy atom. The summed E-state index contributed by atoms with van der Waals surface area (Å²) in [6, 6.07) is 8.39. The van der Waals surface area contributed by atoms with Gasteiger partial charge in [0.25, 0.3) is 0 Å². The van der Waals surface area contributed by atoms with E-state index >= 15 is 0 Å². The first-order valence-electron chi connectivity index (χ1n) is 10.6. The number of thiocarbonyl (C=S) groups is 1. The Bertz CT molecular complexity index is 1410. The van der Waals surface area contributed by atoms with Crippen molar-refractivity contribution < 1.29 is 17.6 Å². The lowest BCUT2D eigenvalue weighted by Gasteiger charge is -2.11. The Kier molecular flexibility index (Phi) is 6.88. The van der Waals surface area contributed by atoms with Gasteiger partial charge in [0.15, 0.2) is 22.6 Å². The van der Waals surface area contributed by atoms with Crippen molar-refractivity contribution in [1.82, 2.24) is 19.6 Å². The van der Waals surface area contributed by atoms with Crippen molar-refractivity contribution in [3.05, 3.63) is 94.1 Å². The highest BCUT2D eigenvalue weighted by Crippen LogP contribution is 2.23. The topological polar surface area (TPSA) is 59.7 Å². The first kappa shape index (κ1) is 24.4. The molecule has 0 amide bonds. The van der Waals surface area contributed by atoms with Crippen LogP contribution in [0.25, 0.3) is 0 Å². The molecular formula is C24H22F4N6S. The lowest BCUT2D eigenvalue weighted by atomic mass is 10.1. The highest BCUT2D eigenvalue weighted by molar-refractivity contribution is 7.80. The normalized spacial score (nSPS) is 11.1. The van der Waals surface area contributed by atoms with E-state index in [0.717, 1.165) is 22.6 Å². The molecule has 2 N–H and O–H groups in total. The average molecular weight is 503 g/mol. The van der Waals surface area contributed by atoms with Crippen LogP contribution in [0.4, 0.5) is 28.9 Å². The molecule has 35 heavy (non-hydrogen) atoms. The smallest absolute Gasteiger partial charge is 0.194 e. The molecule has 2 aromatic heterocycles. The lowest BCUT2D eigenvalue weighted by molar-refractivity contribution is 0.420. The van der Waals surface area contributed by atoms with Gasteiger partial charge in [-0.3, -0.25) is 9.36 Å². The molecule has 182 valence electrons. The average Bonchev–Trinajstić information content (AvgIpc) is 3.35. The molecule has 0 aliphatic heterocycles. The molecule has 2 aromatic carbocycles. The Morgan fingerprint density at radius 1 is 0.971 bits per heavy atom. The van der Waals surface area contributed by atoms with Crippen molar-refractivity contribution in [2.75, 3.05) is 10.6 Å². The summed E-state index contributed by atoms with van der Waals surface area (Å²) in [4.78, 5) is 0. The van der Waals surface area contributed by atoms with Crippen LogP contribution in [0.5, 0.6) is 0 Å². The van der Waals surface area contributed by atoms with Crippen molar-refractivity contribution in [1.29, 1.82) is 0 Å². The largest absolute Gasteiger partial charge is 0.330 e. The minimum Gasteiger partial charge on any atom is -0.330 e. The standard InChI is InChI=1S/C24H22F4N6S/c1-13-6-4-5-7-16(13)10-34-15(3)23(14(2)32-34)31-24(35)30-17-9-29-33(11-17)12-18-19(25)8-20(26)22(28)21(18)27/h4-9,11H,10,12H2,1-3H3,(H2,30,31,35). The van der Waals surface area contributed by atoms with Gasteiger partial charge in [-0.25, -0.2) is 17.6 Å². The van der Waals surface area contributed by atoms with Crippen LogP contribution in [0.1, 0.15) is 28.1 Å². The number of rotatable bonds is 6. The van der Waals surface area contributed by atoms with E-state index in [9.17, 15) is 17.6 Å². The zero-order chi connectivity index (χ0) is 25.3. The molecule has 2 heterocycles. The summed E-state index contributed by atoms with van der Waals surface area (Å²) >= 11 is 5.40. The van der Waals surface area contributed by atoms with Gasteiger partial charge in [-0.1, -0.05) is 24.3 Å². The first-order valence-corrected chi connectivity index (χ1v) is 11.1. The zero-order valence-electron chi connectivity index (χ0n) is 19.2. The van der Waals surface area contributed by atoms with Gasteiger partial charge in [-0.2, -0.15) is 10.2 Å². The molecule has 0 saturated carbocycles. The number of anilines is 2. The number of benzene rings is 2. The minimum atomic E-state index is -1.73. The van der Waals surface area contributed by atoms with Gasteiger partial charge >= 0.3 is 0 Å². The molecule has 4 rings (SSSR count). The number of nitrogens with one attached hydrogen (secondary N) is 2. The van der Waals surface area contributed by atoms with Crippen LogP contribution in [0.2, 0.25) is 0 Å². The fourth-order valence-corrected chi connectivity index (χ4v) is 3.90. The van der Waals surface area contributed by atoms with Gasteiger partial charge in [-0.15, -0.1) is 0 Å². The monoisotopic (exact) mass is 502 g/mol. The number of halogens is 4. The Morgan fingerprint density at radius 2 is 1.71 bits per heavy atom. The van der Waals surface area contributed by atoms with Gasteiger partial charge in [0, 0.05) is 17.8 Å². The van der Waals surface area contributed by atoms with Crippen LogP contribution in [0, 0.1) is 44.0 Å². The molecule has 0 fully saturated rings. The van der Waals surface area contributed by atoms with Gasteiger partial charge in [0.1, 0.15) is 5.82 Å². The van der Waals surface area contributed by atoms with E-state index in [1.807, 2.05) is 30.7 Å². The molecule has 0 aliphatic rings. The molecule has 0 radical (unpaired) electrons. The van der Waals surface area contributed by atoms with Crippen molar-refractivity contribution in [3.63, 3.8) is 0 Å². The molecular weight excluding hydrogens is 480 g/mol. The summed E-state index contributed by atoms with van der Waals surface area (Å²) < 4.78 is 57.6. The van der Waals surface area contributed by atoms with E-state index in [-0.39, 0.29) is 5.11 Å².